The number of nitrogen functional groups attached to an aromatic ring is 1. The van der Waals surface area contributed by atoms with Gasteiger partial charge in [0.25, 0.3) is 0 Å². The van der Waals surface area contributed by atoms with Gasteiger partial charge in [-0.15, -0.1) is 0 Å². The van der Waals surface area contributed by atoms with E-state index >= 15 is 4.57 Å². The third-order valence-electron chi connectivity index (χ3n) is 12.7. The van der Waals surface area contributed by atoms with Crippen LogP contribution in [-0.4, -0.2) is 56.5 Å². The van der Waals surface area contributed by atoms with Crippen LogP contribution in [0.3, 0.4) is 0 Å². The van der Waals surface area contributed by atoms with Crippen LogP contribution in [0.4, 0.5) is 10.2 Å². The Kier molecular flexibility index (Phi) is 16.1. The van der Waals surface area contributed by atoms with Gasteiger partial charge in [0.2, 0.25) is 0 Å². The van der Waals surface area contributed by atoms with Crippen molar-refractivity contribution in [2.24, 2.45) is 0 Å². The Labute approximate surface area is 382 Å². The summed E-state index contributed by atoms with van der Waals surface area (Å²) in [7, 11) is -4.55. The molecule has 4 aromatic rings. The molecular formula is C48H64ClFN5O8P. The Morgan fingerprint density at radius 3 is 2.28 bits per heavy atom. The monoisotopic (exact) mass is 923 g/mol. The van der Waals surface area contributed by atoms with Crippen LogP contribution in [0.2, 0.25) is 5.02 Å². The van der Waals surface area contributed by atoms with Gasteiger partial charge in [-0.05, 0) is 75.2 Å². The molecule has 13 nitrogen and oxygen atoms in total. The molecular weight excluding hydrogens is 860 g/mol. The molecule has 2 N–H and O–H groups in total. The van der Waals surface area contributed by atoms with Gasteiger partial charge >= 0.3 is 7.82 Å². The van der Waals surface area contributed by atoms with E-state index in [1.165, 1.54) is 89.1 Å². The van der Waals surface area contributed by atoms with Gasteiger partial charge in [-0.3, -0.25) is 9.05 Å². The summed E-state index contributed by atoms with van der Waals surface area (Å²) in [5.41, 5.74) is 5.74. The molecule has 2 aliphatic heterocycles. The topological polar surface area (TPSA) is 162 Å². The van der Waals surface area contributed by atoms with Crippen molar-refractivity contribution in [3.05, 3.63) is 88.6 Å². The van der Waals surface area contributed by atoms with E-state index in [0.717, 1.165) is 25.7 Å². The highest BCUT2D eigenvalue weighted by atomic mass is 35.5. The number of halogens is 2. The second kappa shape index (κ2) is 21.3. The lowest BCUT2D eigenvalue weighted by atomic mass is 10.0. The van der Waals surface area contributed by atoms with E-state index in [1.807, 2.05) is 25.1 Å². The number of anilines is 1. The van der Waals surface area contributed by atoms with Crippen LogP contribution in [0.1, 0.15) is 153 Å². The van der Waals surface area contributed by atoms with E-state index in [-0.39, 0.29) is 29.5 Å². The SMILES string of the molecule is CCCCCCCCCCCCCCCCCC(COP(=O)(Oc1ccccc1Cl)OC1[C@@]2(C)O[C@@H](c3ccc4c(N)ncnn34)[C@@H]3OC(C)(C)O[C@@]132)OCc1cc(F)cc(C#N)c1. The lowest BCUT2D eigenvalue weighted by molar-refractivity contribution is -0.186. The summed E-state index contributed by atoms with van der Waals surface area (Å²) in [5, 5.41) is 14.1. The number of nitrogens with zero attached hydrogens (tertiary/aromatic N) is 4. The van der Waals surface area contributed by atoms with Crippen molar-refractivity contribution >= 4 is 30.8 Å². The number of rotatable bonds is 27. The molecule has 2 aromatic carbocycles. The summed E-state index contributed by atoms with van der Waals surface area (Å²) in [4.78, 5) is 4.11. The molecule has 3 unspecified atom stereocenters. The first-order valence-corrected chi connectivity index (χ1v) is 25.0. The molecule has 1 spiro atoms. The van der Waals surface area contributed by atoms with Crippen molar-refractivity contribution in [2.75, 3.05) is 12.3 Å². The molecule has 64 heavy (non-hydrogen) atoms. The molecule has 16 heteroatoms. The van der Waals surface area contributed by atoms with Gasteiger partial charge in [0.05, 0.1) is 41.7 Å². The molecule has 1 aliphatic carbocycles. The number of hydrogen-bond donors (Lipinski definition) is 1. The highest BCUT2D eigenvalue weighted by Gasteiger charge is 2.92. The Bertz CT molecular complexity index is 2280. The molecule has 4 heterocycles. The molecule has 2 saturated heterocycles. The quantitative estimate of drug-likeness (QED) is 0.0446. The molecule has 0 radical (unpaired) electrons. The molecule has 7 atom stereocenters. The lowest BCUT2D eigenvalue weighted by Crippen LogP contribution is -2.33. The zero-order valence-corrected chi connectivity index (χ0v) is 39.3. The fraction of sp³-hybridized carbons (Fsp3) is 0.604. The van der Waals surface area contributed by atoms with Crippen LogP contribution in [0, 0.1) is 17.1 Å². The summed E-state index contributed by atoms with van der Waals surface area (Å²) < 4.78 is 76.2. The Hall–Kier alpha value is -3.64. The van der Waals surface area contributed by atoms with Crippen LogP contribution < -0.4 is 10.3 Å². The number of phosphoric ester groups is 1. The number of nitriles is 1. The number of benzene rings is 2. The zero-order chi connectivity index (χ0) is 45.4. The fourth-order valence-electron chi connectivity index (χ4n) is 9.36. The summed E-state index contributed by atoms with van der Waals surface area (Å²) in [6.45, 7) is 7.50. The summed E-state index contributed by atoms with van der Waals surface area (Å²) in [6.07, 6.45) is 17.5. The first kappa shape index (κ1) is 48.3. The van der Waals surface area contributed by atoms with E-state index < -0.39 is 55.0 Å². The van der Waals surface area contributed by atoms with E-state index in [9.17, 15) is 9.65 Å². The minimum Gasteiger partial charge on any atom is -0.402 e. The van der Waals surface area contributed by atoms with E-state index in [2.05, 4.69) is 17.0 Å². The maximum absolute atomic E-state index is 15.1. The van der Waals surface area contributed by atoms with Crippen molar-refractivity contribution in [3.63, 3.8) is 0 Å². The first-order valence-electron chi connectivity index (χ1n) is 23.1. The normalized spacial score (nSPS) is 24.5. The second-order valence-corrected chi connectivity index (χ2v) is 20.0. The highest BCUT2D eigenvalue weighted by molar-refractivity contribution is 7.49. The van der Waals surface area contributed by atoms with Gasteiger partial charge in [-0.2, -0.15) is 10.4 Å². The number of fused-ring (bicyclic) bond motifs is 1. The lowest BCUT2D eigenvalue weighted by Gasteiger charge is -2.27. The van der Waals surface area contributed by atoms with E-state index in [4.69, 9.17) is 49.9 Å². The maximum Gasteiger partial charge on any atom is 0.530 e. The van der Waals surface area contributed by atoms with Crippen molar-refractivity contribution < 1.29 is 41.5 Å². The van der Waals surface area contributed by atoms with Crippen molar-refractivity contribution in [1.82, 2.24) is 14.6 Å². The third kappa shape index (κ3) is 11.1. The summed E-state index contributed by atoms with van der Waals surface area (Å²) >= 11 is 6.53. The molecule has 348 valence electrons. The van der Waals surface area contributed by atoms with Gasteiger partial charge in [0, 0.05) is 0 Å². The number of aromatic nitrogens is 3. The number of hydrogen-bond acceptors (Lipinski definition) is 12. The maximum atomic E-state index is 15.1. The first-order chi connectivity index (χ1) is 30.8. The smallest absolute Gasteiger partial charge is 0.402 e. The summed E-state index contributed by atoms with van der Waals surface area (Å²) in [5.74, 6) is -1.18. The fourth-order valence-corrected chi connectivity index (χ4v) is 11.1. The number of nitrogens with two attached hydrogens (primary N) is 1. The molecule has 0 amide bonds. The minimum absolute atomic E-state index is 0.00169. The Morgan fingerprint density at radius 2 is 1.61 bits per heavy atom. The second-order valence-electron chi connectivity index (χ2n) is 18.1. The van der Waals surface area contributed by atoms with Crippen LogP contribution in [0.5, 0.6) is 5.75 Å². The zero-order valence-electron chi connectivity index (χ0n) is 37.6. The number of ether oxygens (including phenoxy) is 4. The number of unbranched alkanes of at least 4 members (excludes halogenated alkanes) is 14. The van der Waals surface area contributed by atoms with Crippen LogP contribution in [0.15, 0.2) is 60.9 Å². The van der Waals surface area contributed by atoms with Crippen LogP contribution >= 0.6 is 19.4 Å². The number of phosphoric acid groups is 1. The van der Waals surface area contributed by atoms with Gasteiger partial charge in [-0.25, -0.2) is 18.5 Å². The molecule has 3 aliphatic rings. The van der Waals surface area contributed by atoms with Crippen molar-refractivity contribution in [2.45, 2.75) is 178 Å². The van der Waals surface area contributed by atoms with E-state index in [0.29, 0.717) is 29.0 Å². The molecule has 0 bridgehead atoms. The number of para-hydroxylation sites is 1. The Balaban J connectivity index is 1.01. The van der Waals surface area contributed by atoms with Crippen LogP contribution in [-0.2, 0) is 39.2 Å². The van der Waals surface area contributed by atoms with E-state index in [1.54, 1.807) is 48.7 Å². The predicted octanol–water partition coefficient (Wildman–Crippen LogP) is 12.1. The summed E-state index contributed by atoms with van der Waals surface area (Å²) in [6, 6.07) is 16.4. The van der Waals surface area contributed by atoms with Gasteiger partial charge in [0.15, 0.2) is 17.2 Å². The average Bonchev–Trinajstić information content (AvgIpc) is 3.65. The minimum atomic E-state index is -4.55. The molecule has 7 rings (SSSR count). The Morgan fingerprint density at radius 1 is 0.938 bits per heavy atom. The average molecular weight is 924 g/mol. The van der Waals surface area contributed by atoms with Crippen molar-refractivity contribution in [3.8, 4) is 11.8 Å². The highest BCUT2D eigenvalue weighted by Crippen LogP contribution is 2.74. The standard InChI is InChI=1S/C48H64ClFN5O8P/c1-5-6-7-8-9-10-11-12-13-14-15-16-17-18-19-22-37(57-31-35-27-34(30-51)28-36(50)29-35)32-58-64(56,61-41-24-21-20-23-38(41)49)62-45-47(4)48(45)43(60-46(2,3)63-48)42(59-47)39-25-26-40-44(52)53-33-54-55(39)40/h20-21,23-29,33,37,42-43,45H,5-19,22,31-32H2,1-4H3,(H2,52,53,54)/t37?,42-,43-,45?,47+,48+,64?/m0/s1. The third-order valence-corrected chi connectivity index (χ3v) is 14.3. The van der Waals surface area contributed by atoms with Gasteiger partial charge < -0.3 is 29.2 Å². The largest absolute Gasteiger partial charge is 0.530 e. The van der Waals surface area contributed by atoms with Crippen LogP contribution in [0.25, 0.3) is 5.52 Å². The van der Waals surface area contributed by atoms with Gasteiger partial charge in [-0.1, -0.05) is 127 Å². The molecule has 3 fully saturated rings. The van der Waals surface area contributed by atoms with Crippen molar-refractivity contribution in [1.29, 1.82) is 5.26 Å². The molecule has 2 aromatic heterocycles. The molecule has 1 saturated carbocycles. The van der Waals surface area contributed by atoms with Gasteiger partial charge in [0.1, 0.15) is 47.3 Å². The predicted molar refractivity (Wildman–Crippen MR) is 242 cm³/mol.